The number of hydrogen-bond donors (Lipinski definition) is 1. The van der Waals surface area contributed by atoms with Crippen molar-refractivity contribution in [2.75, 3.05) is 6.54 Å². The summed E-state index contributed by atoms with van der Waals surface area (Å²) in [5.74, 6) is 0.0797. The third kappa shape index (κ3) is 6.43. The molecule has 0 radical (unpaired) electrons. The minimum Gasteiger partial charge on any atom is -0.444 e. The van der Waals surface area contributed by atoms with E-state index in [9.17, 15) is 9.59 Å². The van der Waals surface area contributed by atoms with E-state index in [1.54, 1.807) is 20.8 Å². The Morgan fingerprint density at radius 1 is 1.25 bits per heavy atom. The lowest BCUT2D eigenvalue weighted by Gasteiger charge is -2.21. The normalized spacial score (nSPS) is 13.1. The van der Waals surface area contributed by atoms with Crippen LogP contribution < -0.4 is 5.32 Å². The Kier molecular flexibility index (Phi) is 6.08. The standard InChI is InChI=1S/C12H23NO3/c1-6-9(10(14)7-2)8-13-11(15)16-12(3,4)5/h9H,6-8H2,1-5H3,(H,13,15). The molecule has 0 aliphatic rings. The maximum atomic E-state index is 11.4. The van der Waals surface area contributed by atoms with Gasteiger partial charge in [0.1, 0.15) is 11.4 Å². The highest BCUT2D eigenvalue weighted by atomic mass is 16.6. The first kappa shape index (κ1) is 14.9. The largest absolute Gasteiger partial charge is 0.444 e. The SMILES string of the molecule is CCC(=O)C(CC)CNC(=O)OC(C)(C)C. The molecular weight excluding hydrogens is 206 g/mol. The van der Waals surface area contributed by atoms with Crippen LogP contribution in [0.5, 0.6) is 0 Å². The van der Waals surface area contributed by atoms with Crippen LogP contribution in [0.2, 0.25) is 0 Å². The van der Waals surface area contributed by atoms with E-state index in [0.717, 1.165) is 6.42 Å². The quantitative estimate of drug-likeness (QED) is 0.788. The summed E-state index contributed by atoms with van der Waals surface area (Å²) < 4.78 is 5.08. The van der Waals surface area contributed by atoms with Gasteiger partial charge in [-0.15, -0.1) is 0 Å². The van der Waals surface area contributed by atoms with Gasteiger partial charge >= 0.3 is 6.09 Å². The Hall–Kier alpha value is -1.06. The van der Waals surface area contributed by atoms with Crippen LogP contribution in [0.4, 0.5) is 4.79 Å². The molecule has 0 bridgehead atoms. The summed E-state index contributed by atoms with van der Waals surface area (Å²) in [6.45, 7) is 9.55. The Morgan fingerprint density at radius 2 is 1.81 bits per heavy atom. The molecule has 0 rings (SSSR count). The summed E-state index contributed by atoms with van der Waals surface area (Å²) in [4.78, 5) is 22.8. The molecule has 1 atom stereocenters. The molecule has 0 fully saturated rings. The van der Waals surface area contributed by atoms with Crippen LogP contribution in [0, 0.1) is 5.92 Å². The van der Waals surface area contributed by atoms with E-state index in [2.05, 4.69) is 5.32 Å². The van der Waals surface area contributed by atoms with Crippen LogP contribution in [-0.4, -0.2) is 24.0 Å². The van der Waals surface area contributed by atoms with Gasteiger partial charge < -0.3 is 10.1 Å². The first-order chi connectivity index (χ1) is 7.30. The van der Waals surface area contributed by atoms with Crippen molar-refractivity contribution in [2.24, 2.45) is 5.92 Å². The van der Waals surface area contributed by atoms with E-state index in [0.29, 0.717) is 13.0 Å². The van der Waals surface area contributed by atoms with E-state index < -0.39 is 11.7 Å². The predicted octanol–water partition coefficient (Wildman–Crippen LogP) is 2.52. The topological polar surface area (TPSA) is 55.4 Å². The number of hydrogen-bond acceptors (Lipinski definition) is 3. The van der Waals surface area contributed by atoms with Crippen molar-refractivity contribution in [3.05, 3.63) is 0 Å². The Balaban J connectivity index is 4.03. The summed E-state index contributed by atoms with van der Waals surface area (Å²) in [7, 11) is 0. The fourth-order valence-electron chi connectivity index (χ4n) is 1.30. The number of rotatable bonds is 5. The molecule has 4 heteroatoms. The Bertz CT molecular complexity index is 243. The minimum absolute atomic E-state index is 0.0995. The lowest BCUT2D eigenvalue weighted by molar-refractivity contribution is -0.122. The molecule has 94 valence electrons. The number of carbonyl (C=O) groups excluding carboxylic acids is 2. The molecule has 0 saturated heterocycles. The van der Waals surface area contributed by atoms with Crippen LogP contribution in [0.25, 0.3) is 0 Å². The Labute approximate surface area is 97.7 Å². The number of nitrogens with one attached hydrogen (secondary N) is 1. The van der Waals surface area contributed by atoms with Crippen molar-refractivity contribution in [2.45, 2.75) is 53.1 Å². The van der Waals surface area contributed by atoms with Crippen molar-refractivity contribution < 1.29 is 14.3 Å². The van der Waals surface area contributed by atoms with Gasteiger partial charge in [0.2, 0.25) is 0 Å². The van der Waals surface area contributed by atoms with Crippen molar-refractivity contribution >= 4 is 11.9 Å². The van der Waals surface area contributed by atoms with Gasteiger partial charge in [-0.2, -0.15) is 0 Å². The monoisotopic (exact) mass is 229 g/mol. The molecule has 0 heterocycles. The van der Waals surface area contributed by atoms with Crippen molar-refractivity contribution in [3.63, 3.8) is 0 Å². The van der Waals surface area contributed by atoms with Crippen molar-refractivity contribution in [1.29, 1.82) is 0 Å². The van der Waals surface area contributed by atoms with Crippen LogP contribution in [0.1, 0.15) is 47.5 Å². The first-order valence-electron chi connectivity index (χ1n) is 5.79. The lowest BCUT2D eigenvalue weighted by Crippen LogP contribution is -2.36. The molecule has 0 aromatic carbocycles. The third-order valence-corrected chi connectivity index (χ3v) is 2.19. The maximum absolute atomic E-state index is 11.4. The number of Topliss-reactive ketones (excluding diaryl/α,β-unsaturated/α-hetero) is 1. The number of alkyl carbamates (subject to hydrolysis) is 1. The molecule has 0 aromatic rings. The summed E-state index contributed by atoms with van der Waals surface area (Å²) in [6, 6.07) is 0. The molecule has 0 aliphatic carbocycles. The zero-order valence-electron chi connectivity index (χ0n) is 10.9. The van der Waals surface area contributed by atoms with Crippen molar-refractivity contribution in [1.82, 2.24) is 5.32 Å². The van der Waals surface area contributed by atoms with Crippen LogP contribution in [0.3, 0.4) is 0 Å². The van der Waals surface area contributed by atoms with E-state index in [4.69, 9.17) is 4.74 Å². The smallest absolute Gasteiger partial charge is 0.407 e. The molecule has 1 amide bonds. The second-order valence-corrected chi connectivity index (χ2v) is 4.81. The molecule has 1 unspecified atom stereocenters. The summed E-state index contributed by atoms with van der Waals surface area (Å²) in [5.41, 5.74) is -0.499. The molecule has 0 spiro atoms. The van der Waals surface area contributed by atoms with E-state index >= 15 is 0 Å². The lowest BCUT2D eigenvalue weighted by atomic mass is 9.99. The number of amides is 1. The molecule has 0 aliphatic heterocycles. The minimum atomic E-state index is -0.499. The Morgan fingerprint density at radius 3 is 2.19 bits per heavy atom. The number of carbonyl (C=O) groups is 2. The van der Waals surface area contributed by atoms with Crippen LogP contribution in [0.15, 0.2) is 0 Å². The number of ketones is 1. The average Bonchev–Trinajstić information content (AvgIpc) is 2.15. The molecule has 0 saturated carbocycles. The van der Waals surface area contributed by atoms with Gasteiger partial charge in [-0.25, -0.2) is 4.79 Å². The molecule has 0 aromatic heterocycles. The summed E-state index contributed by atoms with van der Waals surface area (Å²) in [6.07, 6.45) is 0.784. The first-order valence-corrected chi connectivity index (χ1v) is 5.79. The highest BCUT2D eigenvalue weighted by Crippen LogP contribution is 2.08. The third-order valence-electron chi connectivity index (χ3n) is 2.19. The molecule has 1 N–H and O–H groups in total. The van der Waals surface area contributed by atoms with Gasteiger partial charge in [0.15, 0.2) is 0 Å². The maximum Gasteiger partial charge on any atom is 0.407 e. The highest BCUT2D eigenvalue weighted by molar-refractivity contribution is 5.81. The molecular formula is C12H23NO3. The second-order valence-electron chi connectivity index (χ2n) is 4.81. The fraction of sp³-hybridized carbons (Fsp3) is 0.833. The summed E-state index contributed by atoms with van der Waals surface area (Å²) >= 11 is 0. The van der Waals surface area contributed by atoms with Gasteiger partial charge in [0, 0.05) is 18.9 Å². The summed E-state index contributed by atoms with van der Waals surface area (Å²) in [5, 5.41) is 2.62. The van der Waals surface area contributed by atoms with E-state index in [1.807, 2.05) is 13.8 Å². The van der Waals surface area contributed by atoms with Crippen molar-refractivity contribution in [3.8, 4) is 0 Å². The fourth-order valence-corrected chi connectivity index (χ4v) is 1.30. The highest BCUT2D eigenvalue weighted by Gasteiger charge is 2.19. The van der Waals surface area contributed by atoms with Gasteiger partial charge in [0.25, 0.3) is 0 Å². The predicted molar refractivity (Wildman–Crippen MR) is 63.3 cm³/mol. The van der Waals surface area contributed by atoms with Crippen LogP contribution >= 0.6 is 0 Å². The van der Waals surface area contributed by atoms with Gasteiger partial charge in [-0.05, 0) is 27.2 Å². The van der Waals surface area contributed by atoms with E-state index in [-0.39, 0.29) is 11.7 Å². The second kappa shape index (κ2) is 6.51. The zero-order valence-corrected chi connectivity index (χ0v) is 10.9. The number of ether oxygens (including phenoxy) is 1. The van der Waals surface area contributed by atoms with Gasteiger partial charge in [-0.1, -0.05) is 13.8 Å². The van der Waals surface area contributed by atoms with E-state index in [1.165, 1.54) is 0 Å². The van der Waals surface area contributed by atoms with Gasteiger partial charge in [-0.3, -0.25) is 4.79 Å². The average molecular weight is 229 g/mol. The molecule has 4 nitrogen and oxygen atoms in total. The van der Waals surface area contributed by atoms with Crippen LogP contribution in [-0.2, 0) is 9.53 Å². The zero-order chi connectivity index (χ0) is 12.8. The molecule has 16 heavy (non-hydrogen) atoms. The van der Waals surface area contributed by atoms with Gasteiger partial charge in [0.05, 0.1) is 0 Å².